The van der Waals surface area contributed by atoms with Crippen molar-refractivity contribution < 1.29 is 8.42 Å². The minimum absolute atomic E-state index is 0.248. The van der Waals surface area contributed by atoms with Gasteiger partial charge in [-0.15, -0.1) is 0 Å². The summed E-state index contributed by atoms with van der Waals surface area (Å²) in [5, 5.41) is 0. The van der Waals surface area contributed by atoms with Crippen molar-refractivity contribution in [3.63, 3.8) is 0 Å². The van der Waals surface area contributed by atoms with Crippen molar-refractivity contribution >= 4 is 15.7 Å². The summed E-state index contributed by atoms with van der Waals surface area (Å²) in [5.74, 6) is 0. The number of nitrogens with two attached hydrogens (primary N) is 1. The van der Waals surface area contributed by atoms with Gasteiger partial charge < -0.3 is 5.73 Å². The first-order chi connectivity index (χ1) is 6.38. The Balaban J connectivity index is 3.50. The summed E-state index contributed by atoms with van der Waals surface area (Å²) in [6, 6.07) is 3.36. The van der Waals surface area contributed by atoms with Crippen molar-refractivity contribution in [3.8, 4) is 0 Å². The number of anilines is 1. The van der Waals surface area contributed by atoms with Crippen LogP contribution in [0.25, 0.3) is 0 Å². The molecule has 0 saturated carbocycles. The Labute approximate surface area is 84.2 Å². The summed E-state index contributed by atoms with van der Waals surface area (Å²) in [6.07, 6.45) is 0. The van der Waals surface area contributed by atoms with Crippen LogP contribution in [0.2, 0.25) is 0 Å². The van der Waals surface area contributed by atoms with Crippen molar-refractivity contribution in [1.29, 1.82) is 0 Å². The largest absolute Gasteiger partial charge is 0.398 e. The summed E-state index contributed by atoms with van der Waals surface area (Å²) < 4.78 is 25.4. The monoisotopic (exact) mass is 214 g/mol. The molecule has 1 rings (SSSR count). The predicted octanol–water partition coefficient (Wildman–Crippen LogP) is 0.794. The van der Waals surface area contributed by atoms with Crippen LogP contribution in [0.15, 0.2) is 17.0 Å². The Hall–Kier alpha value is -1.07. The highest BCUT2D eigenvalue weighted by atomic mass is 32.2. The minimum Gasteiger partial charge on any atom is -0.398 e. The normalized spacial score (nSPS) is 11.6. The zero-order chi connectivity index (χ0) is 10.9. The van der Waals surface area contributed by atoms with Crippen LogP contribution in [0.4, 0.5) is 5.69 Å². The maximum atomic E-state index is 11.6. The second-order valence-electron chi connectivity index (χ2n) is 3.18. The molecule has 0 fully saturated rings. The van der Waals surface area contributed by atoms with E-state index in [-0.39, 0.29) is 4.90 Å². The van der Waals surface area contributed by atoms with E-state index < -0.39 is 10.0 Å². The number of benzene rings is 1. The highest BCUT2D eigenvalue weighted by molar-refractivity contribution is 7.89. The number of nitrogens with one attached hydrogen (secondary N) is 1. The SMILES string of the molecule is CNS(=O)(=O)c1cc(C)cc(N)c1C. The molecule has 78 valence electrons. The summed E-state index contributed by atoms with van der Waals surface area (Å²) in [7, 11) is -2.02. The standard InChI is InChI=1S/C9H14N2O2S/c1-6-4-8(10)7(2)9(5-6)14(12,13)11-3/h4-5,11H,10H2,1-3H3. The van der Waals surface area contributed by atoms with Crippen LogP contribution in [-0.2, 0) is 10.0 Å². The molecule has 0 unspecified atom stereocenters. The van der Waals surface area contributed by atoms with Gasteiger partial charge in [0.15, 0.2) is 0 Å². The minimum atomic E-state index is -3.40. The molecule has 0 aliphatic rings. The van der Waals surface area contributed by atoms with E-state index >= 15 is 0 Å². The van der Waals surface area contributed by atoms with Gasteiger partial charge in [0.1, 0.15) is 0 Å². The molecular formula is C9H14N2O2S. The molecule has 0 bridgehead atoms. The lowest BCUT2D eigenvalue weighted by molar-refractivity contribution is 0.587. The van der Waals surface area contributed by atoms with Gasteiger partial charge in [0.05, 0.1) is 4.90 Å². The third-order valence-corrected chi connectivity index (χ3v) is 3.64. The molecule has 0 aliphatic heterocycles. The van der Waals surface area contributed by atoms with Gasteiger partial charge in [0.2, 0.25) is 10.0 Å². The molecule has 0 aliphatic carbocycles. The van der Waals surface area contributed by atoms with E-state index in [1.165, 1.54) is 7.05 Å². The average molecular weight is 214 g/mol. The number of aryl methyl sites for hydroxylation is 1. The Morgan fingerprint density at radius 2 is 1.86 bits per heavy atom. The van der Waals surface area contributed by atoms with Crippen LogP contribution < -0.4 is 10.5 Å². The van der Waals surface area contributed by atoms with Gasteiger partial charge >= 0.3 is 0 Å². The molecule has 5 heteroatoms. The molecule has 3 N–H and O–H groups in total. The van der Waals surface area contributed by atoms with Crippen LogP contribution in [-0.4, -0.2) is 15.5 Å². The molecule has 0 aromatic heterocycles. The van der Waals surface area contributed by atoms with E-state index in [0.29, 0.717) is 11.3 Å². The van der Waals surface area contributed by atoms with E-state index in [0.717, 1.165) is 5.56 Å². The quantitative estimate of drug-likeness (QED) is 0.715. The Morgan fingerprint density at radius 3 is 2.36 bits per heavy atom. The van der Waals surface area contributed by atoms with Gasteiger partial charge in [-0.05, 0) is 44.2 Å². The van der Waals surface area contributed by atoms with Crippen LogP contribution >= 0.6 is 0 Å². The molecule has 1 aromatic carbocycles. The molecule has 0 atom stereocenters. The van der Waals surface area contributed by atoms with Gasteiger partial charge in [0, 0.05) is 5.69 Å². The van der Waals surface area contributed by atoms with Gasteiger partial charge in [-0.1, -0.05) is 0 Å². The molecule has 0 radical (unpaired) electrons. The van der Waals surface area contributed by atoms with E-state index in [1.54, 1.807) is 19.1 Å². The van der Waals surface area contributed by atoms with Gasteiger partial charge in [-0.2, -0.15) is 0 Å². The van der Waals surface area contributed by atoms with Crippen LogP contribution in [0, 0.1) is 13.8 Å². The molecule has 0 heterocycles. The van der Waals surface area contributed by atoms with E-state index in [9.17, 15) is 8.42 Å². The van der Waals surface area contributed by atoms with E-state index in [1.807, 2.05) is 6.92 Å². The average Bonchev–Trinajstić information content (AvgIpc) is 2.11. The molecular weight excluding hydrogens is 200 g/mol. The Bertz CT molecular complexity index is 452. The summed E-state index contributed by atoms with van der Waals surface area (Å²) in [6.45, 7) is 3.50. The summed E-state index contributed by atoms with van der Waals surface area (Å²) in [5.41, 5.74) is 7.60. The van der Waals surface area contributed by atoms with Crippen LogP contribution in [0.3, 0.4) is 0 Å². The number of sulfonamides is 1. The summed E-state index contributed by atoms with van der Waals surface area (Å²) >= 11 is 0. The zero-order valence-electron chi connectivity index (χ0n) is 8.46. The van der Waals surface area contributed by atoms with E-state index in [2.05, 4.69) is 4.72 Å². The van der Waals surface area contributed by atoms with Gasteiger partial charge in [0.25, 0.3) is 0 Å². The highest BCUT2D eigenvalue weighted by Gasteiger charge is 2.16. The molecule has 4 nitrogen and oxygen atoms in total. The first-order valence-electron chi connectivity index (χ1n) is 4.18. The molecule has 14 heavy (non-hydrogen) atoms. The van der Waals surface area contributed by atoms with Gasteiger partial charge in [-0.25, -0.2) is 13.1 Å². The van der Waals surface area contributed by atoms with Crippen molar-refractivity contribution in [2.75, 3.05) is 12.8 Å². The molecule has 1 aromatic rings. The smallest absolute Gasteiger partial charge is 0.240 e. The molecule has 0 amide bonds. The number of hydrogen-bond acceptors (Lipinski definition) is 3. The maximum absolute atomic E-state index is 11.6. The second-order valence-corrected chi connectivity index (χ2v) is 5.04. The second kappa shape index (κ2) is 3.59. The van der Waals surface area contributed by atoms with Crippen molar-refractivity contribution in [2.45, 2.75) is 18.7 Å². The predicted molar refractivity (Wildman–Crippen MR) is 56.6 cm³/mol. The lowest BCUT2D eigenvalue weighted by Crippen LogP contribution is -2.20. The summed E-state index contributed by atoms with van der Waals surface area (Å²) in [4.78, 5) is 0.248. The number of rotatable bonds is 2. The van der Waals surface area contributed by atoms with Crippen molar-refractivity contribution in [3.05, 3.63) is 23.3 Å². The van der Waals surface area contributed by atoms with Crippen LogP contribution in [0.1, 0.15) is 11.1 Å². The fourth-order valence-corrected chi connectivity index (χ4v) is 2.32. The Morgan fingerprint density at radius 1 is 1.29 bits per heavy atom. The first kappa shape index (κ1) is 11.0. The van der Waals surface area contributed by atoms with Crippen molar-refractivity contribution in [1.82, 2.24) is 4.72 Å². The first-order valence-corrected chi connectivity index (χ1v) is 5.67. The topological polar surface area (TPSA) is 72.2 Å². The lowest BCUT2D eigenvalue weighted by Gasteiger charge is -2.09. The fraction of sp³-hybridized carbons (Fsp3) is 0.333. The molecule has 0 spiro atoms. The zero-order valence-corrected chi connectivity index (χ0v) is 9.27. The fourth-order valence-electron chi connectivity index (χ4n) is 1.24. The van der Waals surface area contributed by atoms with E-state index in [4.69, 9.17) is 5.73 Å². The molecule has 0 saturated heterocycles. The van der Waals surface area contributed by atoms with Gasteiger partial charge in [-0.3, -0.25) is 0 Å². The maximum Gasteiger partial charge on any atom is 0.240 e. The third kappa shape index (κ3) is 1.88. The highest BCUT2D eigenvalue weighted by Crippen LogP contribution is 2.22. The van der Waals surface area contributed by atoms with Crippen LogP contribution in [0.5, 0.6) is 0 Å². The lowest BCUT2D eigenvalue weighted by atomic mass is 10.1. The third-order valence-electron chi connectivity index (χ3n) is 2.10. The number of hydrogen-bond donors (Lipinski definition) is 2. The number of nitrogen functional groups attached to an aromatic ring is 1. The van der Waals surface area contributed by atoms with Crippen molar-refractivity contribution in [2.24, 2.45) is 0 Å². The Kier molecular flexibility index (Phi) is 2.82.